The quantitative estimate of drug-likeness (QED) is 0.883. The van der Waals surface area contributed by atoms with Crippen LogP contribution in [0, 0.1) is 0 Å². The molecule has 1 saturated heterocycles. The molecule has 2 atom stereocenters. The molecule has 1 amide bonds. The Hall–Kier alpha value is -2.77. The molecule has 0 bridgehead atoms. The standard InChI is InChI=1S/C19H25N3O5/c1-5-21-14-9-7-6-8-13(14)20-17(21)26-12-10-15(16(23)24)22(11-12)18(25)27-19(2,3)4/h6-9,12,15H,5,10-11H2,1-4H3,(H,23,24). The minimum atomic E-state index is -1.07. The summed E-state index contributed by atoms with van der Waals surface area (Å²) >= 11 is 0. The Balaban J connectivity index is 1.80. The van der Waals surface area contributed by atoms with E-state index in [1.165, 1.54) is 4.90 Å². The highest BCUT2D eigenvalue weighted by Crippen LogP contribution is 2.27. The summed E-state index contributed by atoms with van der Waals surface area (Å²) in [6, 6.07) is 7.14. The molecule has 8 heteroatoms. The number of fused-ring (bicyclic) bond motifs is 1. The first-order chi connectivity index (χ1) is 12.7. The van der Waals surface area contributed by atoms with Crippen molar-refractivity contribution >= 4 is 23.1 Å². The smallest absolute Gasteiger partial charge is 0.411 e. The van der Waals surface area contributed by atoms with E-state index in [0.29, 0.717) is 12.6 Å². The normalized spacial score (nSPS) is 20.1. The van der Waals surface area contributed by atoms with Gasteiger partial charge in [-0.2, -0.15) is 4.98 Å². The van der Waals surface area contributed by atoms with E-state index in [1.54, 1.807) is 20.8 Å². The van der Waals surface area contributed by atoms with Crippen molar-refractivity contribution in [3.05, 3.63) is 24.3 Å². The van der Waals surface area contributed by atoms with E-state index < -0.39 is 29.8 Å². The summed E-state index contributed by atoms with van der Waals surface area (Å²) in [7, 11) is 0. The van der Waals surface area contributed by atoms with Gasteiger partial charge in [0.2, 0.25) is 0 Å². The van der Waals surface area contributed by atoms with Crippen molar-refractivity contribution in [1.29, 1.82) is 0 Å². The number of imidazole rings is 1. The molecule has 8 nitrogen and oxygen atoms in total. The molecule has 1 N–H and O–H groups in total. The fourth-order valence-electron chi connectivity index (χ4n) is 3.24. The number of aryl methyl sites for hydroxylation is 1. The van der Waals surface area contributed by atoms with Gasteiger partial charge in [0.15, 0.2) is 0 Å². The predicted molar refractivity (Wildman–Crippen MR) is 98.8 cm³/mol. The number of hydrogen-bond donors (Lipinski definition) is 1. The molecule has 1 aliphatic heterocycles. The summed E-state index contributed by atoms with van der Waals surface area (Å²) in [6.45, 7) is 8.03. The zero-order valence-corrected chi connectivity index (χ0v) is 16.0. The SMILES string of the molecule is CCn1c(OC2CC(C(=O)O)N(C(=O)OC(C)(C)C)C2)nc2ccccc21. The van der Waals surface area contributed by atoms with Gasteiger partial charge in [-0.15, -0.1) is 0 Å². The number of hydrogen-bond acceptors (Lipinski definition) is 5. The average Bonchev–Trinajstić information content (AvgIpc) is 3.14. The van der Waals surface area contributed by atoms with Gasteiger partial charge in [0.05, 0.1) is 17.6 Å². The van der Waals surface area contributed by atoms with Crippen molar-refractivity contribution < 1.29 is 24.2 Å². The highest BCUT2D eigenvalue weighted by atomic mass is 16.6. The Morgan fingerprint density at radius 2 is 2.00 bits per heavy atom. The number of para-hydroxylation sites is 2. The molecule has 1 aromatic heterocycles. The van der Waals surface area contributed by atoms with Crippen molar-refractivity contribution in [3.63, 3.8) is 0 Å². The molecule has 2 aromatic rings. The van der Waals surface area contributed by atoms with E-state index in [4.69, 9.17) is 9.47 Å². The van der Waals surface area contributed by atoms with E-state index in [1.807, 2.05) is 35.8 Å². The number of ether oxygens (including phenoxy) is 2. The lowest BCUT2D eigenvalue weighted by molar-refractivity contribution is -0.142. The highest BCUT2D eigenvalue weighted by molar-refractivity contribution is 5.81. The van der Waals surface area contributed by atoms with Crippen molar-refractivity contribution in [2.45, 2.75) is 58.4 Å². The number of likely N-dealkylation sites (tertiary alicyclic amines) is 1. The number of benzene rings is 1. The van der Waals surface area contributed by atoms with Crippen LogP contribution >= 0.6 is 0 Å². The molecule has 0 radical (unpaired) electrons. The Labute approximate surface area is 157 Å². The lowest BCUT2D eigenvalue weighted by Crippen LogP contribution is -2.43. The molecule has 27 heavy (non-hydrogen) atoms. The molecule has 1 aromatic carbocycles. The number of aliphatic carboxylic acids is 1. The van der Waals surface area contributed by atoms with Crippen LogP contribution in [0.25, 0.3) is 11.0 Å². The topological polar surface area (TPSA) is 93.9 Å². The van der Waals surface area contributed by atoms with Crippen LogP contribution in [0.15, 0.2) is 24.3 Å². The maximum atomic E-state index is 12.4. The van der Waals surface area contributed by atoms with Gasteiger partial charge in [0.1, 0.15) is 17.7 Å². The third-order valence-electron chi connectivity index (χ3n) is 4.38. The lowest BCUT2D eigenvalue weighted by Gasteiger charge is -2.26. The minimum absolute atomic E-state index is 0.138. The van der Waals surface area contributed by atoms with Crippen LogP contribution in [0.2, 0.25) is 0 Å². The summed E-state index contributed by atoms with van der Waals surface area (Å²) in [5.41, 5.74) is 1.06. The maximum Gasteiger partial charge on any atom is 0.411 e. The second-order valence-electron chi connectivity index (χ2n) is 7.59. The van der Waals surface area contributed by atoms with Gasteiger partial charge in [-0.3, -0.25) is 9.47 Å². The predicted octanol–water partition coefficient (Wildman–Crippen LogP) is 2.90. The molecule has 146 valence electrons. The molecule has 1 fully saturated rings. The highest BCUT2D eigenvalue weighted by Gasteiger charge is 2.43. The number of carboxylic acids is 1. The molecule has 0 saturated carbocycles. The molecule has 3 rings (SSSR count). The first-order valence-corrected chi connectivity index (χ1v) is 9.04. The fraction of sp³-hybridized carbons (Fsp3) is 0.526. The maximum absolute atomic E-state index is 12.4. The van der Waals surface area contributed by atoms with Crippen LogP contribution in [0.5, 0.6) is 6.01 Å². The molecular formula is C19H25N3O5. The number of carbonyl (C=O) groups is 2. The fourth-order valence-corrected chi connectivity index (χ4v) is 3.24. The number of nitrogens with zero attached hydrogens (tertiary/aromatic N) is 3. The van der Waals surface area contributed by atoms with Gasteiger partial charge in [-0.05, 0) is 39.8 Å². The second-order valence-corrected chi connectivity index (χ2v) is 7.59. The monoisotopic (exact) mass is 375 g/mol. The van der Waals surface area contributed by atoms with Gasteiger partial charge < -0.3 is 14.6 Å². The molecule has 0 spiro atoms. The Morgan fingerprint density at radius 1 is 1.30 bits per heavy atom. The number of carbonyl (C=O) groups excluding carboxylic acids is 1. The van der Waals surface area contributed by atoms with E-state index in [0.717, 1.165) is 11.0 Å². The van der Waals surface area contributed by atoms with Gasteiger partial charge in [0, 0.05) is 13.0 Å². The van der Waals surface area contributed by atoms with Crippen molar-refractivity contribution in [3.8, 4) is 6.01 Å². The van der Waals surface area contributed by atoms with Crippen LogP contribution in [0.4, 0.5) is 4.79 Å². The van der Waals surface area contributed by atoms with E-state index >= 15 is 0 Å². The van der Waals surface area contributed by atoms with Crippen LogP contribution in [-0.2, 0) is 16.1 Å². The Bertz CT molecular complexity index is 855. The zero-order chi connectivity index (χ0) is 19.8. The van der Waals surface area contributed by atoms with Crippen molar-refractivity contribution in [2.75, 3.05) is 6.54 Å². The molecule has 1 aliphatic rings. The largest absolute Gasteiger partial charge is 0.480 e. The second kappa shape index (κ2) is 7.09. The summed E-state index contributed by atoms with van der Waals surface area (Å²) < 4.78 is 13.3. The minimum Gasteiger partial charge on any atom is -0.480 e. The number of amides is 1. The van der Waals surface area contributed by atoms with Crippen LogP contribution in [0.3, 0.4) is 0 Å². The van der Waals surface area contributed by atoms with Gasteiger partial charge in [-0.1, -0.05) is 12.1 Å². The van der Waals surface area contributed by atoms with E-state index in [-0.39, 0.29) is 13.0 Å². The molecule has 2 unspecified atom stereocenters. The van der Waals surface area contributed by atoms with Crippen LogP contribution in [0.1, 0.15) is 34.1 Å². The third kappa shape index (κ3) is 3.99. The zero-order valence-electron chi connectivity index (χ0n) is 16.0. The van der Waals surface area contributed by atoms with E-state index in [9.17, 15) is 14.7 Å². The Kier molecular flexibility index (Phi) is 4.99. The van der Waals surface area contributed by atoms with Gasteiger partial charge >= 0.3 is 12.1 Å². The number of carboxylic acid groups (broad SMARTS) is 1. The van der Waals surface area contributed by atoms with Crippen LogP contribution < -0.4 is 4.74 Å². The van der Waals surface area contributed by atoms with Crippen LogP contribution in [-0.4, -0.2) is 55.9 Å². The van der Waals surface area contributed by atoms with Crippen molar-refractivity contribution in [2.24, 2.45) is 0 Å². The van der Waals surface area contributed by atoms with Crippen molar-refractivity contribution in [1.82, 2.24) is 14.5 Å². The molecular weight excluding hydrogens is 350 g/mol. The average molecular weight is 375 g/mol. The summed E-state index contributed by atoms with van der Waals surface area (Å²) in [4.78, 5) is 29.7. The first kappa shape index (κ1) is 19.0. The molecule has 0 aliphatic carbocycles. The Morgan fingerprint density at radius 3 is 2.63 bits per heavy atom. The first-order valence-electron chi connectivity index (χ1n) is 9.04. The lowest BCUT2D eigenvalue weighted by atomic mass is 10.2. The van der Waals surface area contributed by atoms with Gasteiger partial charge in [0.25, 0.3) is 6.01 Å². The molecule has 2 heterocycles. The summed E-state index contributed by atoms with van der Waals surface area (Å²) in [5.74, 6) is -1.07. The third-order valence-corrected chi connectivity index (χ3v) is 4.38. The summed E-state index contributed by atoms with van der Waals surface area (Å²) in [6.07, 6.45) is -0.938. The number of rotatable bonds is 4. The van der Waals surface area contributed by atoms with Gasteiger partial charge in [-0.25, -0.2) is 9.59 Å². The summed E-state index contributed by atoms with van der Waals surface area (Å²) in [5, 5.41) is 9.50. The van der Waals surface area contributed by atoms with E-state index in [2.05, 4.69) is 4.98 Å². The number of aromatic nitrogens is 2.